The van der Waals surface area contributed by atoms with Crippen molar-refractivity contribution in [3.8, 4) is 0 Å². The molecule has 1 saturated carbocycles. The molecule has 5 nitrogen and oxygen atoms in total. The van der Waals surface area contributed by atoms with E-state index < -0.39 is 0 Å². The summed E-state index contributed by atoms with van der Waals surface area (Å²) in [4.78, 5) is 26.7. The van der Waals surface area contributed by atoms with Crippen molar-refractivity contribution in [2.24, 2.45) is 11.8 Å². The van der Waals surface area contributed by atoms with Gasteiger partial charge in [-0.05, 0) is 62.0 Å². The fourth-order valence-corrected chi connectivity index (χ4v) is 4.05. The standard InChI is InChI=1S/C22H30N2O3/c1-27-21(25)11-10-17-6-5-9-20(14-17)24(16-18-12-13-23-15-18)22(26)19-7-3-2-4-8-19/h5-6,9-11,14,18-19,23H,2-4,7-8,12-13,15-16H2,1H3/b11-10+. The molecular weight excluding hydrogens is 340 g/mol. The first-order valence-electron chi connectivity index (χ1n) is 10.1. The van der Waals surface area contributed by atoms with Crippen LogP contribution in [0.4, 0.5) is 5.69 Å². The molecule has 1 saturated heterocycles. The number of ether oxygens (including phenoxy) is 1. The molecule has 27 heavy (non-hydrogen) atoms. The van der Waals surface area contributed by atoms with E-state index in [-0.39, 0.29) is 17.8 Å². The maximum atomic E-state index is 13.3. The van der Waals surface area contributed by atoms with Crippen LogP contribution in [0.25, 0.3) is 6.08 Å². The zero-order valence-corrected chi connectivity index (χ0v) is 16.2. The number of hydrogen-bond acceptors (Lipinski definition) is 4. The van der Waals surface area contributed by atoms with Gasteiger partial charge < -0.3 is 15.0 Å². The number of hydrogen-bond donors (Lipinski definition) is 1. The molecule has 2 fully saturated rings. The van der Waals surface area contributed by atoms with Crippen LogP contribution in [-0.4, -0.2) is 38.6 Å². The van der Waals surface area contributed by atoms with E-state index in [1.807, 2.05) is 29.2 Å². The van der Waals surface area contributed by atoms with Gasteiger partial charge in [-0.25, -0.2) is 4.79 Å². The molecule has 146 valence electrons. The van der Waals surface area contributed by atoms with E-state index in [2.05, 4.69) is 10.1 Å². The number of rotatable bonds is 6. The van der Waals surface area contributed by atoms with Gasteiger partial charge in [0.05, 0.1) is 7.11 Å². The topological polar surface area (TPSA) is 58.6 Å². The zero-order chi connectivity index (χ0) is 19.1. The van der Waals surface area contributed by atoms with Gasteiger partial charge in [-0.1, -0.05) is 31.4 Å². The largest absolute Gasteiger partial charge is 0.466 e. The first-order chi connectivity index (χ1) is 13.2. The number of amides is 1. The predicted molar refractivity (Wildman–Crippen MR) is 107 cm³/mol. The highest BCUT2D eigenvalue weighted by molar-refractivity contribution is 5.95. The van der Waals surface area contributed by atoms with Gasteiger partial charge in [0.2, 0.25) is 5.91 Å². The second kappa shape index (κ2) is 9.70. The summed E-state index contributed by atoms with van der Waals surface area (Å²) >= 11 is 0. The Bertz CT molecular complexity index is 674. The molecule has 1 N–H and O–H groups in total. The van der Waals surface area contributed by atoms with Crippen LogP contribution in [0.2, 0.25) is 0 Å². The number of nitrogens with zero attached hydrogens (tertiary/aromatic N) is 1. The van der Waals surface area contributed by atoms with Gasteiger partial charge in [-0.15, -0.1) is 0 Å². The van der Waals surface area contributed by atoms with Crippen molar-refractivity contribution in [1.82, 2.24) is 5.32 Å². The molecule has 0 aromatic heterocycles. The third kappa shape index (κ3) is 5.42. The summed E-state index contributed by atoms with van der Waals surface area (Å²) < 4.78 is 4.66. The maximum absolute atomic E-state index is 13.3. The fraction of sp³-hybridized carbons (Fsp3) is 0.545. The minimum atomic E-state index is -0.382. The molecule has 1 aromatic carbocycles. The minimum absolute atomic E-state index is 0.141. The number of nitrogens with one attached hydrogen (secondary N) is 1. The molecular formula is C22H30N2O3. The second-order valence-corrected chi connectivity index (χ2v) is 7.59. The van der Waals surface area contributed by atoms with Crippen LogP contribution in [0.3, 0.4) is 0 Å². The van der Waals surface area contributed by atoms with Gasteiger partial charge in [0.25, 0.3) is 0 Å². The van der Waals surface area contributed by atoms with Gasteiger partial charge in [0, 0.05) is 24.2 Å². The first-order valence-corrected chi connectivity index (χ1v) is 10.1. The van der Waals surface area contributed by atoms with Crippen molar-refractivity contribution in [2.75, 3.05) is 31.6 Å². The molecule has 1 heterocycles. The van der Waals surface area contributed by atoms with Crippen molar-refractivity contribution in [2.45, 2.75) is 38.5 Å². The Morgan fingerprint density at radius 1 is 1.22 bits per heavy atom. The van der Waals surface area contributed by atoms with Gasteiger partial charge >= 0.3 is 5.97 Å². The highest BCUT2D eigenvalue weighted by atomic mass is 16.5. The lowest BCUT2D eigenvalue weighted by molar-refractivity contribution is -0.134. The van der Waals surface area contributed by atoms with E-state index in [4.69, 9.17) is 0 Å². The highest BCUT2D eigenvalue weighted by Crippen LogP contribution is 2.29. The van der Waals surface area contributed by atoms with Crippen LogP contribution in [0.1, 0.15) is 44.1 Å². The van der Waals surface area contributed by atoms with Crippen molar-refractivity contribution < 1.29 is 14.3 Å². The van der Waals surface area contributed by atoms with E-state index in [0.29, 0.717) is 5.92 Å². The van der Waals surface area contributed by atoms with Crippen molar-refractivity contribution in [3.63, 3.8) is 0 Å². The van der Waals surface area contributed by atoms with E-state index in [1.165, 1.54) is 19.6 Å². The van der Waals surface area contributed by atoms with Gasteiger partial charge in [0.15, 0.2) is 0 Å². The second-order valence-electron chi connectivity index (χ2n) is 7.59. The molecule has 1 aromatic rings. The molecule has 1 amide bonds. The molecule has 2 aliphatic rings. The SMILES string of the molecule is COC(=O)/C=C/c1cccc(N(CC2CCNC2)C(=O)C2CCCCC2)c1. The lowest BCUT2D eigenvalue weighted by Gasteiger charge is -2.31. The summed E-state index contributed by atoms with van der Waals surface area (Å²) in [6, 6.07) is 7.87. The molecule has 1 atom stereocenters. The summed E-state index contributed by atoms with van der Waals surface area (Å²) in [6.07, 6.45) is 9.79. The first kappa shape index (κ1) is 19.6. The lowest BCUT2D eigenvalue weighted by Crippen LogP contribution is -2.40. The Hall–Kier alpha value is -2.14. The van der Waals surface area contributed by atoms with Crippen LogP contribution in [0, 0.1) is 11.8 Å². The Labute approximate surface area is 161 Å². The molecule has 3 rings (SSSR count). The third-order valence-electron chi connectivity index (χ3n) is 5.62. The normalized spacial score (nSPS) is 20.7. The van der Waals surface area contributed by atoms with Crippen LogP contribution < -0.4 is 10.2 Å². The number of benzene rings is 1. The zero-order valence-electron chi connectivity index (χ0n) is 16.2. The quantitative estimate of drug-likeness (QED) is 0.616. The Morgan fingerprint density at radius 3 is 2.74 bits per heavy atom. The van der Waals surface area contributed by atoms with Crippen molar-refractivity contribution in [3.05, 3.63) is 35.9 Å². The van der Waals surface area contributed by atoms with Crippen molar-refractivity contribution >= 4 is 23.6 Å². The molecule has 1 aliphatic heterocycles. The molecule has 0 radical (unpaired) electrons. The summed E-state index contributed by atoms with van der Waals surface area (Å²) in [5.74, 6) is 0.512. The third-order valence-corrected chi connectivity index (χ3v) is 5.62. The monoisotopic (exact) mass is 370 g/mol. The van der Waals surface area contributed by atoms with Gasteiger partial charge in [-0.3, -0.25) is 4.79 Å². The summed E-state index contributed by atoms with van der Waals surface area (Å²) in [5.41, 5.74) is 1.81. The van der Waals surface area contributed by atoms with Crippen molar-refractivity contribution in [1.29, 1.82) is 0 Å². The average molecular weight is 370 g/mol. The van der Waals surface area contributed by atoms with E-state index >= 15 is 0 Å². The summed E-state index contributed by atoms with van der Waals surface area (Å²) in [7, 11) is 1.36. The van der Waals surface area contributed by atoms with E-state index in [1.54, 1.807) is 6.08 Å². The predicted octanol–water partition coefficient (Wildman–Crippen LogP) is 3.40. The molecule has 5 heteroatoms. The molecule has 0 spiro atoms. The van der Waals surface area contributed by atoms with Crippen LogP contribution >= 0.6 is 0 Å². The maximum Gasteiger partial charge on any atom is 0.330 e. The number of carbonyl (C=O) groups excluding carboxylic acids is 2. The van der Waals surface area contributed by atoms with Gasteiger partial charge in [-0.2, -0.15) is 0 Å². The number of carbonyl (C=O) groups is 2. The smallest absolute Gasteiger partial charge is 0.330 e. The number of methoxy groups -OCH3 is 1. The Morgan fingerprint density at radius 2 is 2.04 bits per heavy atom. The van der Waals surface area contributed by atoms with Crippen LogP contribution in [-0.2, 0) is 14.3 Å². The minimum Gasteiger partial charge on any atom is -0.466 e. The fourth-order valence-electron chi connectivity index (χ4n) is 4.05. The molecule has 1 unspecified atom stereocenters. The number of esters is 1. The number of anilines is 1. The van der Waals surface area contributed by atoms with Crippen LogP contribution in [0.5, 0.6) is 0 Å². The highest BCUT2D eigenvalue weighted by Gasteiger charge is 2.29. The Kier molecular flexibility index (Phi) is 7.04. The van der Waals surface area contributed by atoms with Crippen LogP contribution in [0.15, 0.2) is 30.3 Å². The average Bonchev–Trinajstić information content (AvgIpc) is 3.24. The summed E-state index contributed by atoms with van der Waals surface area (Å²) in [6.45, 7) is 2.75. The van der Waals surface area contributed by atoms with E-state index in [9.17, 15) is 9.59 Å². The van der Waals surface area contributed by atoms with E-state index in [0.717, 1.165) is 63.0 Å². The molecule has 1 aliphatic carbocycles. The lowest BCUT2D eigenvalue weighted by atomic mass is 9.88. The molecule has 0 bridgehead atoms. The van der Waals surface area contributed by atoms with Gasteiger partial charge in [0.1, 0.15) is 0 Å². The summed E-state index contributed by atoms with van der Waals surface area (Å²) in [5, 5.41) is 3.40. The Balaban J connectivity index is 1.81.